The molecule has 0 heterocycles. The Kier molecular flexibility index (Phi) is 6.10. The molecule has 128 valence electrons. The van der Waals surface area contributed by atoms with Gasteiger partial charge >= 0.3 is 18.3 Å². The predicted molar refractivity (Wildman–Crippen MR) is 58.5 cm³/mol. The molecule has 0 bridgehead atoms. The SMILES string of the molecule is NC(CCCC(N)(C(=O)C(F)(F)F)C(=O)C(F)(F)F)C(=O)O. The van der Waals surface area contributed by atoms with Crippen LogP contribution in [0.25, 0.3) is 0 Å². The minimum absolute atomic E-state index is 0.565. The van der Waals surface area contributed by atoms with Gasteiger partial charge in [-0.1, -0.05) is 0 Å². The Morgan fingerprint density at radius 1 is 0.955 bits per heavy atom. The van der Waals surface area contributed by atoms with Gasteiger partial charge in [0.2, 0.25) is 0 Å². The Morgan fingerprint density at radius 3 is 1.59 bits per heavy atom. The first kappa shape index (κ1) is 20.3. The van der Waals surface area contributed by atoms with E-state index in [1.54, 1.807) is 0 Å². The number of carboxylic acids is 1. The lowest BCUT2D eigenvalue weighted by atomic mass is 9.83. The molecule has 0 saturated heterocycles. The first-order valence-electron chi connectivity index (χ1n) is 5.64. The quantitative estimate of drug-likeness (QED) is 0.459. The standard InChI is InChI=1S/C10H12F6N2O4/c11-9(12,13)6(21)8(18,7(22)10(14,15)16)3-1-2-4(17)5(19)20/h4H,1-3,17-18H2,(H,19,20). The largest absolute Gasteiger partial charge is 0.480 e. The average Bonchev–Trinajstić information content (AvgIpc) is 2.34. The molecule has 22 heavy (non-hydrogen) atoms. The van der Waals surface area contributed by atoms with Gasteiger partial charge in [0.05, 0.1) is 0 Å². The first-order chi connectivity index (χ1) is 9.64. The van der Waals surface area contributed by atoms with Gasteiger partial charge in [-0.2, -0.15) is 26.3 Å². The lowest BCUT2D eigenvalue weighted by Crippen LogP contribution is -2.63. The minimum Gasteiger partial charge on any atom is -0.480 e. The van der Waals surface area contributed by atoms with Crippen LogP contribution in [0, 0.1) is 0 Å². The molecule has 0 amide bonds. The first-order valence-corrected chi connectivity index (χ1v) is 5.64. The summed E-state index contributed by atoms with van der Waals surface area (Å²) in [5, 5.41) is 8.44. The molecule has 5 N–H and O–H groups in total. The van der Waals surface area contributed by atoms with Crippen molar-refractivity contribution in [1.82, 2.24) is 0 Å². The molecule has 0 fully saturated rings. The van der Waals surface area contributed by atoms with Gasteiger partial charge in [0, 0.05) is 0 Å². The molecule has 0 rings (SSSR count). The number of rotatable bonds is 7. The van der Waals surface area contributed by atoms with E-state index in [2.05, 4.69) is 0 Å². The fourth-order valence-corrected chi connectivity index (χ4v) is 1.56. The Balaban J connectivity index is 5.33. The molecular formula is C10H12F6N2O4. The van der Waals surface area contributed by atoms with Crippen molar-refractivity contribution < 1.29 is 45.8 Å². The third-order valence-electron chi connectivity index (χ3n) is 2.73. The van der Waals surface area contributed by atoms with Crippen molar-refractivity contribution in [2.75, 3.05) is 0 Å². The molecule has 0 aromatic rings. The monoisotopic (exact) mass is 338 g/mol. The molecule has 0 aromatic heterocycles. The normalized spacial score (nSPS) is 14.5. The van der Waals surface area contributed by atoms with Gasteiger partial charge in [-0.05, 0) is 19.3 Å². The summed E-state index contributed by atoms with van der Waals surface area (Å²) in [4.78, 5) is 32.5. The number of hydrogen-bond donors (Lipinski definition) is 3. The Morgan fingerprint density at radius 2 is 1.32 bits per heavy atom. The van der Waals surface area contributed by atoms with Gasteiger partial charge in [0.1, 0.15) is 6.04 Å². The van der Waals surface area contributed by atoms with Crippen LogP contribution in [0.4, 0.5) is 26.3 Å². The zero-order chi connectivity index (χ0) is 17.9. The summed E-state index contributed by atoms with van der Waals surface area (Å²) in [7, 11) is 0. The number of ketones is 2. The highest BCUT2D eigenvalue weighted by Crippen LogP contribution is 2.32. The molecule has 0 radical (unpaired) electrons. The number of carbonyl (C=O) groups is 3. The van der Waals surface area contributed by atoms with Crippen LogP contribution >= 0.6 is 0 Å². The number of Topliss-reactive ketones (excluding diaryl/α,β-unsaturated/α-hetero) is 2. The van der Waals surface area contributed by atoms with E-state index in [9.17, 15) is 40.7 Å². The summed E-state index contributed by atoms with van der Waals surface area (Å²) in [5.41, 5.74) is 5.94. The van der Waals surface area contributed by atoms with Gasteiger partial charge < -0.3 is 16.6 Å². The second-order valence-electron chi connectivity index (χ2n) is 4.46. The lowest BCUT2D eigenvalue weighted by molar-refractivity contribution is -0.192. The molecule has 0 aliphatic carbocycles. The molecule has 6 nitrogen and oxygen atoms in total. The summed E-state index contributed by atoms with van der Waals surface area (Å²) in [6.45, 7) is 0. The van der Waals surface area contributed by atoms with E-state index in [1.165, 1.54) is 0 Å². The Labute approximate surface area is 119 Å². The van der Waals surface area contributed by atoms with Crippen LogP contribution in [0.1, 0.15) is 19.3 Å². The number of hydrogen-bond acceptors (Lipinski definition) is 5. The smallest absolute Gasteiger partial charge is 0.452 e. The number of carboxylic acid groups (broad SMARTS) is 1. The average molecular weight is 338 g/mol. The molecule has 0 saturated carbocycles. The molecule has 0 aliphatic rings. The van der Waals surface area contributed by atoms with E-state index in [0.29, 0.717) is 0 Å². The topological polar surface area (TPSA) is 123 Å². The van der Waals surface area contributed by atoms with Gasteiger partial charge in [-0.25, -0.2) is 0 Å². The highest BCUT2D eigenvalue weighted by Gasteiger charge is 2.61. The second-order valence-corrected chi connectivity index (χ2v) is 4.46. The number of nitrogens with two attached hydrogens (primary N) is 2. The summed E-state index contributed by atoms with van der Waals surface area (Å²) >= 11 is 0. The molecule has 0 spiro atoms. The molecule has 12 heteroatoms. The van der Waals surface area contributed by atoms with E-state index in [1.807, 2.05) is 0 Å². The van der Waals surface area contributed by atoms with E-state index < -0.39 is 60.7 Å². The zero-order valence-electron chi connectivity index (χ0n) is 10.8. The maximum atomic E-state index is 12.3. The van der Waals surface area contributed by atoms with E-state index >= 15 is 0 Å². The Bertz CT molecular complexity index is 433. The summed E-state index contributed by atoms with van der Waals surface area (Å²) in [5.74, 6) is -7.65. The van der Waals surface area contributed by atoms with Crippen molar-refractivity contribution in [3.05, 3.63) is 0 Å². The number of carbonyl (C=O) groups excluding carboxylic acids is 2. The van der Waals surface area contributed by atoms with E-state index in [-0.39, 0.29) is 0 Å². The van der Waals surface area contributed by atoms with Gasteiger partial charge in [0.15, 0.2) is 5.54 Å². The van der Waals surface area contributed by atoms with Crippen molar-refractivity contribution in [2.24, 2.45) is 11.5 Å². The fraction of sp³-hybridized carbons (Fsp3) is 0.700. The van der Waals surface area contributed by atoms with Crippen molar-refractivity contribution in [3.63, 3.8) is 0 Å². The molecular weight excluding hydrogens is 326 g/mol. The maximum absolute atomic E-state index is 12.3. The van der Waals surface area contributed by atoms with Crippen LogP contribution in [-0.2, 0) is 14.4 Å². The van der Waals surface area contributed by atoms with Gasteiger partial charge in [0.25, 0.3) is 11.6 Å². The zero-order valence-corrected chi connectivity index (χ0v) is 10.8. The molecule has 1 unspecified atom stereocenters. The lowest BCUT2D eigenvalue weighted by Gasteiger charge is -2.28. The Hall–Kier alpha value is -1.69. The van der Waals surface area contributed by atoms with Crippen molar-refractivity contribution in [3.8, 4) is 0 Å². The maximum Gasteiger partial charge on any atom is 0.452 e. The molecule has 0 aliphatic heterocycles. The third kappa shape index (κ3) is 4.94. The number of alkyl halides is 6. The number of halogens is 6. The highest BCUT2D eigenvalue weighted by atomic mass is 19.4. The molecule has 0 aromatic carbocycles. The van der Waals surface area contributed by atoms with Crippen LogP contribution in [0.15, 0.2) is 0 Å². The van der Waals surface area contributed by atoms with Crippen LogP contribution < -0.4 is 11.5 Å². The van der Waals surface area contributed by atoms with Crippen LogP contribution in [0.3, 0.4) is 0 Å². The summed E-state index contributed by atoms with van der Waals surface area (Å²) < 4.78 is 74.0. The van der Waals surface area contributed by atoms with Crippen LogP contribution in [0.5, 0.6) is 0 Å². The minimum atomic E-state index is -5.76. The van der Waals surface area contributed by atoms with E-state index in [4.69, 9.17) is 16.6 Å². The van der Waals surface area contributed by atoms with Crippen molar-refractivity contribution >= 4 is 17.5 Å². The van der Waals surface area contributed by atoms with E-state index in [0.717, 1.165) is 0 Å². The second kappa shape index (κ2) is 6.60. The van der Waals surface area contributed by atoms with Crippen LogP contribution in [0.2, 0.25) is 0 Å². The summed E-state index contributed by atoms with van der Waals surface area (Å²) in [6.07, 6.45) is -14.1. The molecule has 1 atom stereocenters. The van der Waals surface area contributed by atoms with Crippen molar-refractivity contribution in [1.29, 1.82) is 0 Å². The number of aliphatic carboxylic acids is 1. The van der Waals surface area contributed by atoms with Crippen LogP contribution in [-0.4, -0.2) is 46.6 Å². The van der Waals surface area contributed by atoms with Gasteiger partial charge in [-0.15, -0.1) is 0 Å². The summed E-state index contributed by atoms with van der Waals surface area (Å²) in [6, 6.07) is -1.58. The predicted octanol–water partition coefficient (Wildman–Crippen LogP) is 0.529. The van der Waals surface area contributed by atoms with Gasteiger partial charge in [-0.3, -0.25) is 14.4 Å². The third-order valence-corrected chi connectivity index (χ3v) is 2.73. The van der Waals surface area contributed by atoms with Crippen molar-refractivity contribution in [2.45, 2.75) is 43.2 Å². The fourth-order valence-electron chi connectivity index (χ4n) is 1.56. The highest BCUT2D eigenvalue weighted by molar-refractivity contribution is 6.15.